The SMILES string of the molecule is CCCC(=O)Nc1cccc(CNC(=O)c2cccc(C(=O)OC)c2)c1. The molecule has 0 aliphatic carbocycles. The van der Waals surface area contributed by atoms with Gasteiger partial charge in [0, 0.05) is 24.2 Å². The Labute approximate surface area is 152 Å². The number of carbonyl (C=O) groups is 3. The standard InChI is InChI=1S/C20H22N2O4/c1-3-6-18(23)22-17-10-4-7-14(11-17)13-21-19(24)15-8-5-9-16(12-15)20(25)26-2/h4-5,7-12H,3,6,13H2,1-2H3,(H,21,24)(H,22,23). The average Bonchev–Trinajstić information content (AvgIpc) is 2.66. The van der Waals surface area contributed by atoms with E-state index in [9.17, 15) is 14.4 Å². The number of hydrogen-bond donors (Lipinski definition) is 2. The molecule has 0 heterocycles. The highest BCUT2D eigenvalue weighted by atomic mass is 16.5. The largest absolute Gasteiger partial charge is 0.465 e. The van der Waals surface area contributed by atoms with Crippen molar-refractivity contribution in [2.75, 3.05) is 12.4 Å². The van der Waals surface area contributed by atoms with Crippen molar-refractivity contribution in [3.8, 4) is 0 Å². The third kappa shape index (κ3) is 5.44. The zero-order valence-electron chi connectivity index (χ0n) is 14.9. The van der Waals surface area contributed by atoms with Gasteiger partial charge in [-0.15, -0.1) is 0 Å². The molecule has 0 fully saturated rings. The van der Waals surface area contributed by atoms with E-state index in [2.05, 4.69) is 15.4 Å². The lowest BCUT2D eigenvalue weighted by Crippen LogP contribution is -2.23. The molecule has 0 spiro atoms. The minimum Gasteiger partial charge on any atom is -0.465 e. The summed E-state index contributed by atoms with van der Waals surface area (Å²) >= 11 is 0. The van der Waals surface area contributed by atoms with Crippen LogP contribution >= 0.6 is 0 Å². The Balaban J connectivity index is 1.99. The first-order valence-corrected chi connectivity index (χ1v) is 8.39. The van der Waals surface area contributed by atoms with Crippen molar-refractivity contribution in [3.05, 3.63) is 65.2 Å². The van der Waals surface area contributed by atoms with E-state index in [1.807, 2.05) is 25.1 Å². The van der Waals surface area contributed by atoms with Crippen molar-refractivity contribution in [3.63, 3.8) is 0 Å². The normalized spacial score (nSPS) is 10.1. The van der Waals surface area contributed by atoms with E-state index < -0.39 is 5.97 Å². The second kappa shape index (κ2) is 9.36. The molecule has 0 atom stereocenters. The molecule has 0 aromatic heterocycles. The second-order valence-electron chi connectivity index (χ2n) is 5.75. The van der Waals surface area contributed by atoms with Crippen molar-refractivity contribution in [1.82, 2.24) is 5.32 Å². The number of carbonyl (C=O) groups excluding carboxylic acids is 3. The number of benzene rings is 2. The van der Waals surface area contributed by atoms with Gasteiger partial charge in [0.05, 0.1) is 12.7 Å². The number of ether oxygens (including phenoxy) is 1. The van der Waals surface area contributed by atoms with Gasteiger partial charge in [0.1, 0.15) is 0 Å². The van der Waals surface area contributed by atoms with E-state index in [-0.39, 0.29) is 11.8 Å². The van der Waals surface area contributed by atoms with E-state index in [4.69, 9.17) is 0 Å². The summed E-state index contributed by atoms with van der Waals surface area (Å²) in [5, 5.41) is 5.63. The number of amides is 2. The fraction of sp³-hybridized carbons (Fsp3) is 0.250. The topological polar surface area (TPSA) is 84.5 Å². The van der Waals surface area contributed by atoms with E-state index in [1.54, 1.807) is 24.3 Å². The van der Waals surface area contributed by atoms with Crippen molar-refractivity contribution in [1.29, 1.82) is 0 Å². The smallest absolute Gasteiger partial charge is 0.337 e. The van der Waals surface area contributed by atoms with Gasteiger partial charge in [0.25, 0.3) is 5.91 Å². The number of nitrogens with one attached hydrogen (secondary N) is 2. The number of rotatable bonds is 7. The molecule has 136 valence electrons. The number of anilines is 1. The molecule has 6 heteroatoms. The van der Waals surface area contributed by atoms with Crippen LogP contribution in [0.5, 0.6) is 0 Å². The Bertz CT molecular complexity index is 802. The Morgan fingerprint density at radius 1 is 1.00 bits per heavy atom. The summed E-state index contributed by atoms with van der Waals surface area (Å²) in [5.41, 5.74) is 2.25. The Kier molecular flexibility index (Phi) is 6.91. The third-order valence-corrected chi connectivity index (χ3v) is 3.69. The van der Waals surface area contributed by atoms with Gasteiger partial charge in [-0.2, -0.15) is 0 Å². The average molecular weight is 354 g/mol. The highest BCUT2D eigenvalue weighted by molar-refractivity contribution is 5.97. The summed E-state index contributed by atoms with van der Waals surface area (Å²) in [7, 11) is 1.29. The summed E-state index contributed by atoms with van der Waals surface area (Å²) < 4.78 is 4.66. The first-order valence-electron chi connectivity index (χ1n) is 8.39. The van der Waals surface area contributed by atoms with Crippen LogP contribution in [0.25, 0.3) is 0 Å². The maximum atomic E-state index is 12.3. The van der Waals surface area contributed by atoms with Crippen molar-refractivity contribution in [2.45, 2.75) is 26.3 Å². The molecular weight excluding hydrogens is 332 g/mol. The zero-order chi connectivity index (χ0) is 18.9. The van der Waals surface area contributed by atoms with Gasteiger partial charge in [-0.05, 0) is 42.3 Å². The molecule has 0 saturated heterocycles. The van der Waals surface area contributed by atoms with E-state index in [1.165, 1.54) is 13.2 Å². The first kappa shape index (κ1) is 19.2. The zero-order valence-corrected chi connectivity index (χ0v) is 14.9. The van der Waals surface area contributed by atoms with E-state index >= 15 is 0 Å². The molecule has 2 amide bonds. The fourth-order valence-corrected chi connectivity index (χ4v) is 2.40. The maximum absolute atomic E-state index is 12.3. The Morgan fingerprint density at radius 2 is 1.73 bits per heavy atom. The van der Waals surface area contributed by atoms with Crippen molar-refractivity contribution in [2.24, 2.45) is 0 Å². The number of methoxy groups -OCH3 is 1. The molecule has 0 saturated carbocycles. The van der Waals surface area contributed by atoms with Gasteiger partial charge in [-0.1, -0.05) is 25.1 Å². The van der Waals surface area contributed by atoms with Crippen molar-refractivity contribution >= 4 is 23.5 Å². The number of hydrogen-bond acceptors (Lipinski definition) is 4. The lowest BCUT2D eigenvalue weighted by atomic mass is 10.1. The third-order valence-electron chi connectivity index (χ3n) is 3.69. The van der Waals surface area contributed by atoms with Gasteiger partial charge in [0.2, 0.25) is 5.91 Å². The molecule has 0 bridgehead atoms. The Hall–Kier alpha value is -3.15. The summed E-state index contributed by atoms with van der Waals surface area (Å²) in [5.74, 6) is -0.820. The molecule has 26 heavy (non-hydrogen) atoms. The predicted molar refractivity (Wildman–Crippen MR) is 98.9 cm³/mol. The molecule has 0 aliphatic heterocycles. The minimum atomic E-state index is -0.491. The molecule has 2 aromatic rings. The molecule has 0 radical (unpaired) electrons. The van der Waals surface area contributed by atoms with Crippen LogP contribution < -0.4 is 10.6 Å². The lowest BCUT2D eigenvalue weighted by Gasteiger charge is -2.09. The van der Waals surface area contributed by atoms with E-state index in [0.717, 1.165) is 12.0 Å². The highest BCUT2D eigenvalue weighted by Crippen LogP contribution is 2.12. The molecule has 0 aliphatic rings. The van der Waals surface area contributed by atoms with Gasteiger partial charge in [-0.25, -0.2) is 4.79 Å². The molecular formula is C20H22N2O4. The summed E-state index contributed by atoms with van der Waals surface area (Å²) in [6.07, 6.45) is 1.25. The van der Waals surface area contributed by atoms with Crippen LogP contribution in [0.4, 0.5) is 5.69 Å². The van der Waals surface area contributed by atoms with Crippen LogP contribution in [-0.2, 0) is 16.1 Å². The monoisotopic (exact) mass is 354 g/mol. The van der Waals surface area contributed by atoms with Gasteiger partial charge >= 0.3 is 5.97 Å². The minimum absolute atomic E-state index is 0.0340. The number of esters is 1. The van der Waals surface area contributed by atoms with Crippen LogP contribution in [0.2, 0.25) is 0 Å². The fourth-order valence-electron chi connectivity index (χ4n) is 2.40. The Morgan fingerprint density at radius 3 is 2.46 bits per heavy atom. The van der Waals surface area contributed by atoms with Crippen LogP contribution in [-0.4, -0.2) is 24.9 Å². The molecule has 2 N–H and O–H groups in total. The second-order valence-corrected chi connectivity index (χ2v) is 5.75. The van der Waals surface area contributed by atoms with Crippen LogP contribution in [0.15, 0.2) is 48.5 Å². The predicted octanol–water partition coefficient (Wildman–Crippen LogP) is 3.14. The highest BCUT2D eigenvalue weighted by Gasteiger charge is 2.10. The van der Waals surface area contributed by atoms with Crippen molar-refractivity contribution < 1.29 is 19.1 Å². The quantitative estimate of drug-likeness (QED) is 0.748. The molecule has 2 rings (SSSR count). The summed E-state index contributed by atoms with van der Waals surface area (Å²) in [4.78, 5) is 35.5. The molecule has 0 unspecified atom stereocenters. The van der Waals surface area contributed by atoms with E-state index in [0.29, 0.717) is 29.8 Å². The first-order chi connectivity index (χ1) is 12.5. The summed E-state index contributed by atoms with van der Waals surface area (Å²) in [6, 6.07) is 13.6. The molecule has 2 aromatic carbocycles. The lowest BCUT2D eigenvalue weighted by molar-refractivity contribution is -0.116. The van der Waals surface area contributed by atoms with Crippen LogP contribution in [0.3, 0.4) is 0 Å². The maximum Gasteiger partial charge on any atom is 0.337 e. The van der Waals surface area contributed by atoms with Gasteiger partial charge in [0.15, 0.2) is 0 Å². The van der Waals surface area contributed by atoms with Crippen LogP contribution in [0.1, 0.15) is 46.0 Å². The molecule has 6 nitrogen and oxygen atoms in total. The summed E-state index contributed by atoms with van der Waals surface area (Å²) in [6.45, 7) is 2.25. The van der Waals surface area contributed by atoms with Gasteiger partial charge in [-0.3, -0.25) is 9.59 Å². The van der Waals surface area contributed by atoms with Gasteiger partial charge < -0.3 is 15.4 Å². The van der Waals surface area contributed by atoms with Crippen LogP contribution in [0, 0.1) is 0 Å².